The lowest BCUT2D eigenvalue weighted by molar-refractivity contribution is -0.136. The minimum Gasteiger partial charge on any atom is -0.322 e. The minimum atomic E-state index is -0.572. The van der Waals surface area contributed by atoms with E-state index in [9.17, 15) is 14.4 Å². The molecule has 9 nitrogen and oxygen atoms in total. The van der Waals surface area contributed by atoms with E-state index < -0.39 is 6.04 Å². The molecule has 4 aliphatic rings. The van der Waals surface area contributed by atoms with Crippen LogP contribution in [0.3, 0.4) is 0 Å². The van der Waals surface area contributed by atoms with Gasteiger partial charge in [-0.25, -0.2) is 9.97 Å². The number of likely N-dealkylation sites (tertiary alicyclic amines) is 1. The fourth-order valence-corrected chi connectivity index (χ4v) is 5.76. The number of aromatic nitrogens is 2. The van der Waals surface area contributed by atoms with Crippen molar-refractivity contribution in [3.05, 3.63) is 58.2 Å². The fourth-order valence-electron chi connectivity index (χ4n) is 5.76. The van der Waals surface area contributed by atoms with Crippen molar-refractivity contribution in [1.82, 2.24) is 30.4 Å². The number of imide groups is 1. The average molecular weight is 475 g/mol. The van der Waals surface area contributed by atoms with Crippen LogP contribution in [0.2, 0.25) is 0 Å². The van der Waals surface area contributed by atoms with Gasteiger partial charge in [0.1, 0.15) is 11.9 Å². The zero-order chi connectivity index (χ0) is 23.9. The molecule has 0 saturated carbocycles. The molecule has 35 heavy (non-hydrogen) atoms. The van der Waals surface area contributed by atoms with Gasteiger partial charge in [-0.3, -0.25) is 24.6 Å². The molecule has 9 heteroatoms. The molecule has 0 radical (unpaired) electrons. The van der Waals surface area contributed by atoms with Crippen LogP contribution in [0.5, 0.6) is 0 Å². The van der Waals surface area contributed by atoms with E-state index in [0.717, 1.165) is 68.9 Å². The summed E-state index contributed by atoms with van der Waals surface area (Å²) in [7, 11) is 0. The Morgan fingerprint density at radius 3 is 2.71 bits per heavy atom. The van der Waals surface area contributed by atoms with Gasteiger partial charge in [0.15, 0.2) is 0 Å². The molecule has 0 aliphatic carbocycles. The van der Waals surface area contributed by atoms with Crippen molar-refractivity contribution in [2.45, 2.75) is 63.7 Å². The Morgan fingerprint density at radius 1 is 1.03 bits per heavy atom. The van der Waals surface area contributed by atoms with Crippen molar-refractivity contribution in [3.63, 3.8) is 0 Å². The number of piperidine rings is 2. The second-order valence-electron chi connectivity index (χ2n) is 10.1. The first kappa shape index (κ1) is 22.3. The molecule has 5 heterocycles. The lowest BCUT2D eigenvalue weighted by atomic mass is 9.95. The van der Waals surface area contributed by atoms with Crippen molar-refractivity contribution in [1.29, 1.82) is 0 Å². The van der Waals surface area contributed by atoms with Crippen molar-refractivity contribution in [3.8, 4) is 0 Å². The standard InChI is InChI=1S/C26H30N6O3/c33-23-4-3-22(25(34)30-23)32-15-18-2-1-16(11-20(18)26(32)35)14-31-9-6-17(7-10-31)24-28-13-19-12-27-8-5-21(19)29-24/h1-2,11,13,17,22,27H,3-10,12,14-15H2,(H,30,33,34). The number of nitrogens with zero attached hydrogens (tertiary/aromatic N) is 4. The van der Waals surface area contributed by atoms with E-state index in [4.69, 9.17) is 4.98 Å². The van der Waals surface area contributed by atoms with Crippen LogP contribution in [0.1, 0.15) is 70.2 Å². The highest BCUT2D eigenvalue weighted by molar-refractivity contribution is 6.05. The molecule has 4 aliphatic heterocycles. The van der Waals surface area contributed by atoms with E-state index in [-0.39, 0.29) is 24.1 Å². The Hall–Kier alpha value is -3.17. The Morgan fingerprint density at radius 2 is 1.89 bits per heavy atom. The summed E-state index contributed by atoms with van der Waals surface area (Å²) < 4.78 is 0. The predicted molar refractivity (Wildman–Crippen MR) is 127 cm³/mol. The quantitative estimate of drug-likeness (QED) is 0.643. The third-order valence-electron chi connectivity index (χ3n) is 7.78. The van der Waals surface area contributed by atoms with Gasteiger partial charge in [0.05, 0.1) is 0 Å². The third kappa shape index (κ3) is 4.34. The highest BCUT2D eigenvalue weighted by Crippen LogP contribution is 2.30. The van der Waals surface area contributed by atoms with Gasteiger partial charge >= 0.3 is 0 Å². The minimum absolute atomic E-state index is 0.116. The smallest absolute Gasteiger partial charge is 0.255 e. The maximum atomic E-state index is 13.1. The van der Waals surface area contributed by atoms with Crippen LogP contribution < -0.4 is 10.6 Å². The lowest BCUT2D eigenvalue weighted by Crippen LogP contribution is -2.52. The van der Waals surface area contributed by atoms with Gasteiger partial charge < -0.3 is 10.2 Å². The summed E-state index contributed by atoms with van der Waals surface area (Å²) in [6, 6.07) is 5.51. The molecule has 182 valence electrons. The molecule has 2 aromatic rings. The summed E-state index contributed by atoms with van der Waals surface area (Å²) in [5.41, 5.74) is 5.16. The van der Waals surface area contributed by atoms with Crippen molar-refractivity contribution in [2.75, 3.05) is 19.6 Å². The van der Waals surface area contributed by atoms with E-state index in [1.807, 2.05) is 18.3 Å². The van der Waals surface area contributed by atoms with Gasteiger partial charge in [0.25, 0.3) is 5.91 Å². The number of rotatable bonds is 4. The Kier molecular flexibility index (Phi) is 5.82. The molecule has 3 amide bonds. The number of benzene rings is 1. The maximum absolute atomic E-state index is 13.1. The summed E-state index contributed by atoms with van der Waals surface area (Å²) in [4.78, 5) is 50.4. The normalized spacial score (nSPS) is 23.3. The first-order valence-electron chi connectivity index (χ1n) is 12.6. The number of carbonyl (C=O) groups excluding carboxylic acids is 3. The van der Waals surface area contributed by atoms with Crippen LogP contribution in [0.4, 0.5) is 0 Å². The van der Waals surface area contributed by atoms with E-state index in [2.05, 4.69) is 26.6 Å². The molecule has 6 rings (SSSR count). The first-order valence-corrected chi connectivity index (χ1v) is 12.6. The summed E-state index contributed by atoms with van der Waals surface area (Å²) in [5.74, 6) is 0.633. The van der Waals surface area contributed by atoms with Crippen LogP contribution in [0.25, 0.3) is 0 Å². The Bertz CT molecular complexity index is 1190. The maximum Gasteiger partial charge on any atom is 0.255 e. The van der Waals surface area contributed by atoms with Crippen LogP contribution in [0.15, 0.2) is 24.4 Å². The molecule has 1 atom stereocenters. The molecule has 1 aromatic heterocycles. The Labute approximate surface area is 204 Å². The topological polar surface area (TPSA) is 108 Å². The summed E-state index contributed by atoms with van der Waals surface area (Å²) >= 11 is 0. The largest absolute Gasteiger partial charge is 0.322 e. The highest BCUT2D eigenvalue weighted by Gasteiger charge is 2.39. The number of fused-ring (bicyclic) bond motifs is 2. The van der Waals surface area contributed by atoms with Crippen molar-refractivity contribution in [2.24, 2.45) is 0 Å². The van der Waals surface area contributed by atoms with E-state index >= 15 is 0 Å². The van der Waals surface area contributed by atoms with Crippen LogP contribution in [-0.4, -0.2) is 63.2 Å². The van der Waals surface area contributed by atoms with Gasteiger partial charge in [-0.1, -0.05) is 12.1 Å². The molecule has 0 spiro atoms. The Balaban J connectivity index is 1.08. The summed E-state index contributed by atoms with van der Waals surface area (Å²) in [6.45, 7) is 5.00. The number of hydrogen-bond donors (Lipinski definition) is 2. The van der Waals surface area contributed by atoms with Crippen molar-refractivity contribution >= 4 is 17.7 Å². The number of hydrogen-bond acceptors (Lipinski definition) is 7. The van der Waals surface area contributed by atoms with E-state index in [1.165, 1.54) is 11.3 Å². The van der Waals surface area contributed by atoms with Crippen molar-refractivity contribution < 1.29 is 14.4 Å². The van der Waals surface area contributed by atoms with Gasteiger partial charge in [0.2, 0.25) is 11.8 Å². The monoisotopic (exact) mass is 474 g/mol. The van der Waals surface area contributed by atoms with Gasteiger partial charge in [-0.15, -0.1) is 0 Å². The lowest BCUT2D eigenvalue weighted by Gasteiger charge is -2.31. The molecular weight excluding hydrogens is 444 g/mol. The molecule has 1 aromatic carbocycles. The predicted octanol–water partition coefficient (Wildman–Crippen LogP) is 1.26. The SMILES string of the molecule is O=C1CCC(N2Cc3ccc(CN4CCC(c5ncc6c(n5)CCNC6)CC4)cc3C2=O)C(=O)N1. The summed E-state index contributed by atoms with van der Waals surface area (Å²) in [5, 5.41) is 5.73. The number of nitrogens with one attached hydrogen (secondary N) is 2. The third-order valence-corrected chi connectivity index (χ3v) is 7.78. The summed E-state index contributed by atoms with van der Waals surface area (Å²) in [6.07, 6.45) is 5.69. The van der Waals surface area contributed by atoms with Gasteiger partial charge in [-0.05, 0) is 49.5 Å². The molecule has 2 fully saturated rings. The van der Waals surface area contributed by atoms with E-state index in [1.54, 1.807) is 4.90 Å². The van der Waals surface area contributed by atoms with Gasteiger partial charge in [-0.2, -0.15) is 0 Å². The zero-order valence-electron chi connectivity index (χ0n) is 19.8. The number of carbonyl (C=O) groups is 3. The molecule has 2 N–H and O–H groups in total. The van der Waals surface area contributed by atoms with Crippen LogP contribution in [-0.2, 0) is 35.6 Å². The molecule has 1 unspecified atom stereocenters. The highest BCUT2D eigenvalue weighted by atomic mass is 16.2. The zero-order valence-corrected chi connectivity index (χ0v) is 19.8. The number of amides is 3. The van der Waals surface area contributed by atoms with E-state index in [0.29, 0.717) is 24.4 Å². The second kappa shape index (κ2) is 9.13. The molecule has 2 saturated heterocycles. The second-order valence-corrected chi connectivity index (χ2v) is 10.1. The van der Waals surface area contributed by atoms with Crippen LogP contribution in [0, 0.1) is 0 Å². The first-order chi connectivity index (χ1) is 17.0. The van der Waals surface area contributed by atoms with Gasteiger partial charge in [0, 0.05) is 68.0 Å². The molecular formula is C26H30N6O3. The van der Waals surface area contributed by atoms with Crippen LogP contribution >= 0.6 is 0 Å². The fraction of sp³-hybridized carbons (Fsp3) is 0.500. The molecule has 0 bridgehead atoms. The average Bonchev–Trinajstić information content (AvgIpc) is 3.20.